The molecular weight excluding hydrogens is 280 g/mol. The van der Waals surface area contributed by atoms with E-state index in [1.165, 1.54) is 5.56 Å². The molecule has 3 rings (SSSR count). The maximum atomic E-state index is 5.81. The summed E-state index contributed by atoms with van der Waals surface area (Å²) in [6, 6.07) is 8.19. The minimum Gasteiger partial charge on any atom is -0.371 e. The molecule has 88 valence electrons. The highest BCUT2D eigenvalue weighted by Gasteiger charge is 2.18. The van der Waals surface area contributed by atoms with Crippen LogP contribution in [0.15, 0.2) is 34.9 Å². The van der Waals surface area contributed by atoms with Gasteiger partial charge in [-0.1, -0.05) is 15.9 Å². The molecule has 0 spiro atoms. The third kappa shape index (κ3) is 2.20. The maximum Gasteiger partial charge on any atom is 0.0956 e. The van der Waals surface area contributed by atoms with E-state index < -0.39 is 0 Å². The molecule has 3 nitrogen and oxygen atoms in total. The van der Waals surface area contributed by atoms with E-state index in [1.807, 2.05) is 24.4 Å². The van der Waals surface area contributed by atoms with Crippen LogP contribution in [0.3, 0.4) is 0 Å². The van der Waals surface area contributed by atoms with Crippen LogP contribution in [0.1, 0.15) is 11.7 Å². The molecule has 1 aliphatic rings. The molecule has 1 aliphatic heterocycles. The van der Waals surface area contributed by atoms with E-state index in [0.29, 0.717) is 0 Å². The molecule has 1 unspecified atom stereocenters. The number of rotatable bonds is 1. The number of hydrogen-bond donors (Lipinski definition) is 1. The zero-order valence-corrected chi connectivity index (χ0v) is 10.9. The van der Waals surface area contributed by atoms with Gasteiger partial charge >= 0.3 is 0 Å². The predicted molar refractivity (Wildman–Crippen MR) is 71.0 cm³/mol. The number of nitrogens with one attached hydrogen (secondary N) is 1. The molecule has 0 aliphatic carbocycles. The lowest BCUT2D eigenvalue weighted by Crippen LogP contribution is -2.33. The average molecular weight is 293 g/mol. The second-order valence-electron chi connectivity index (χ2n) is 4.13. The van der Waals surface area contributed by atoms with Crippen LogP contribution in [0, 0.1) is 0 Å². The summed E-state index contributed by atoms with van der Waals surface area (Å²) >= 11 is 3.51. The smallest absolute Gasteiger partial charge is 0.0956 e. The van der Waals surface area contributed by atoms with Gasteiger partial charge in [-0.15, -0.1) is 0 Å². The van der Waals surface area contributed by atoms with E-state index in [1.54, 1.807) is 0 Å². The molecule has 2 heterocycles. The van der Waals surface area contributed by atoms with E-state index in [0.717, 1.165) is 35.1 Å². The normalized spacial score (nSPS) is 20.6. The average Bonchev–Trinajstić information content (AvgIpc) is 2.39. The van der Waals surface area contributed by atoms with Crippen LogP contribution in [0.5, 0.6) is 0 Å². The van der Waals surface area contributed by atoms with Gasteiger partial charge in [-0.3, -0.25) is 4.98 Å². The predicted octanol–water partition coefficient (Wildman–Crippen LogP) is 2.66. The summed E-state index contributed by atoms with van der Waals surface area (Å²) in [6.07, 6.45) is 1.98. The molecule has 1 atom stereocenters. The highest BCUT2D eigenvalue weighted by atomic mass is 79.9. The Hall–Kier alpha value is -0.970. The molecule has 1 saturated heterocycles. The van der Waals surface area contributed by atoms with Crippen LogP contribution in [0.2, 0.25) is 0 Å². The Labute approximate surface area is 108 Å². The number of morpholine rings is 1. The van der Waals surface area contributed by atoms with Gasteiger partial charge in [0.15, 0.2) is 0 Å². The molecule has 0 radical (unpaired) electrons. The number of aromatic nitrogens is 1. The SMILES string of the molecule is Brc1ccc2nccc(C3CNCCO3)c2c1. The first-order valence-corrected chi connectivity index (χ1v) is 6.50. The second kappa shape index (κ2) is 4.72. The van der Waals surface area contributed by atoms with Crippen molar-refractivity contribution in [2.75, 3.05) is 19.7 Å². The standard InChI is InChI=1S/C13H13BrN2O/c14-9-1-2-12-11(7-9)10(3-4-16-12)13-8-15-5-6-17-13/h1-4,7,13,15H,5-6,8H2. The molecule has 4 heteroatoms. The molecule has 1 fully saturated rings. The lowest BCUT2D eigenvalue weighted by Gasteiger charge is -2.24. The van der Waals surface area contributed by atoms with Crippen molar-refractivity contribution in [1.29, 1.82) is 0 Å². The fourth-order valence-corrected chi connectivity index (χ4v) is 2.55. The quantitative estimate of drug-likeness (QED) is 0.877. The van der Waals surface area contributed by atoms with Gasteiger partial charge in [0.2, 0.25) is 0 Å². The van der Waals surface area contributed by atoms with Crippen molar-refractivity contribution in [1.82, 2.24) is 10.3 Å². The summed E-state index contributed by atoms with van der Waals surface area (Å²) in [6.45, 7) is 2.57. The summed E-state index contributed by atoms with van der Waals surface area (Å²) in [5.41, 5.74) is 2.23. The van der Waals surface area contributed by atoms with Crippen molar-refractivity contribution >= 4 is 26.8 Å². The van der Waals surface area contributed by atoms with E-state index in [-0.39, 0.29) is 6.10 Å². The van der Waals surface area contributed by atoms with Gasteiger partial charge in [0.25, 0.3) is 0 Å². The Balaban J connectivity index is 2.11. The number of ether oxygens (including phenoxy) is 1. The molecule has 0 amide bonds. The van der Waals surface area contributed by atoms with Crippen LogP contribution in [0.4, 0.5) is 0 Å². The lowest BCUT2D eigenvalue weighted by atomic mass is 10.0. The number of halogens is 1. The second-order valence-corrected chi connectivity index (χ2v) is 5.04. The Morgan fingerprint density at radius 3 is 3.12 bits per heavy atom. The minimum atomic E-state index is 0.128. The van der Waals surface area contributed by atoms with E-state index in [2.05, 4.69) is 32.3 Å². The largest absolute Gasteiger partial charge is 0.371 e. The number of nitrogens with zero attached hydrogens (tertiary/aromatic N) is 1. The van der Waals surface area contributed by atoms with Crippen molar-refractivity contribution in [2.45, 2.75) is 6.10 Å². The van der Waals surface area contributed by atoms with Crippen LogP contribution in [-0.4, -0.2) is 24.7 Å². The van der Waals surface area contributed by atoms with Crippen molar-refractivity contribution in [3.05, 3.63) is 40.5 Å². The highest BCUT2D eigenvalue weighted by molar-refractivity contribution is 9.10. The highest BCUT2D eigenvalue weighted by Crippen LogP contribution is 2.28. The van der Waals surface area contributed by atoms with Gasteiger partial charge in [-0.05, 0) is 29.8 Å². The summed E-state index contributed by atoms with van der Waals surface area (Å²) in [5.74, 6) is 0. The fraction of sp³-hybridized carbons (Fsp3) is 0.308. The summed E-state index contributed by atoms with van der Waals surface area (Å²) in [4.78, 5) is 4.38. The van der Waals surface area contributed by atoms with Crippen molar-refractivity contribution < 1.29 is 4.74 Å². The van der Waals surface area contributed by atoms with Crippen LogP contribution >= 0.6 is 15.9 Å². The molecule has 0 saturated carbocycles. The molecule has 1 aromatic carbocycles. The Kier molecular flexibility index (Phi) is 3.09. The summed E-state index contributed by atoms with van der Waals surface area (Å²) in [7, 11) is 0. The maximum absolute atomic E-state index is 5.81. The first kappa shape index (κ1) is 11.1. The van der Waals surface area contributed by atoms with E-state index >= 15 is 0 Å². The number of benzene rings is 1. The number of pyridine rings is 1. The van der Waals surface area contributed by atoms with Gasteiger partial charge < -0.3 is 10.1 Å². The first-order chi connectivity index (χ1) is 8.34. The zero-order valence-electron chi connectivity index (χ0n) is 9.32. The Morgan fingerprint density at radius 1 is 1.35 bits per heavy atom. The topological polar surface area (TPSA) is 34.2 Å². The molecule has 1 N–H and O–H groups in total. The lowest BCUT2D eigenvalue weighted by molar-refractivity contribution is 0.0286. The minimum absolute atomic E-state index is 0.128. The fourth-order valence-electron chi connectivity index (χ4n) is 2.19. The Morgan fingerprint density at radius 2 is 2.29 bits per heavy atom. The third-order valence-electron chi connectivity index (χ3n) is 3.01. The van der Waals surface area contributed by atoms with E-state index in [9.17, 15) is 0 Å². The summed E-state index contributed by atoms with van der Waals surface area (Å²) < 4.78 is 6.88. The molecule has 1 aromatic heterocycles. The van der Waals surface area contributed by atoms with Crippen LogP contribution in [0.25, 0.3) is 10.9 Å². The van der Waals surface area contributed by atoms with Crippen molar-refractivity contribution in [2.24, 2.45) is 0 Å². The van der Waals surface area contributed by atoms with Crippen molar-refractivity contribution in [3.8, 4) is 0 Å². The number of hydrogen-bond acceptors (Lipinski definition) is 3. The van der Waals surface area contributed by atoms with Gasteiger partial charge in [0.05, 0.1) is 18.2 Å². The van der Waals surface area contributed by atoms with Gasteiger partial charge in [-0.2, -0.15) is 0 Å². The monoisotopic (exact) mass is 292 g/mol. The van der Waals surface area contributed by atoms with Crippen LogP contribution < -0.4 is 5.32 Å². The summed E-state index contributed by atoms with van der Waals surface area (Å²) in [5, 5.41) is 4.52. The Bertz CT molecular complexity index is 538. The van der Waals surface area contributed by atoms with Crippen LogP contribution in [-0.2, 0) is 4.74 Å². The van der Waals surface area contributed by atoms with Gasteiger partial charge in [0.1, 0.15) is 0 Å². The molecular formula is C13H13BrN2O. The molecule has 2 aromatic rings. The molecule has 0 bridgehead atoms. The first-order valence-electron chi connectivity index (χ1n) is 5.71. The van der Waals surface area contributed by atoms with Gasteiger partial charge in [-0.25, -0.2) is 0 Å². The molecule has 17 heavy (non-hydrogen) atoms. The van der Waals surface area contributed by atoms with Gasteiger partial charge in [0, 0.05) is 29.1 Å². The van der Waals surface area contributed by atoms with Crippen molar-refractivity contribution in [3.63, 3.8) is 0 Å². The van der Waals surface area contributed by atoms with E-state index in [4.69, 9.17) is 4.74 Å². The zero-order chi connectivity index (χ0) is 11.7. The third-order valence-corrected chi connectivity index (χ3v) is 3.51. The number of fused-ring (bicyclic) bond motifs is 1.